The van der Waals surface area contributed by atoms with E-state index in [1.165, 1.54) is 308 Å². The average Bonchev–Trinajstić information content (AvgIpc) is 3.40. The molecular weight excluding hydrogens is 954 g/mol. The average molecular weight is 1080 g/mol. The number of phosphoric acid groups is 1. The number of unbranched alkanes of at least 4 members (excludes halogenated alkanes) is 52. The Morgan fingerprint density at radius 3 is 0.813 bits per heavy atom. The number of carbonyl (C=O) groups excluding carboxylic acids is 2. The zero-order valence-electron chi connectivity index (χ0n) is 50.3. The molecule has 0 saturated carbocycles. The Hall–Kier alpha value is -0.990. The summed E-state index contributed by atoms with van der Waals surface area (Å²) in [5.41, 5.74) is 5.38. The number of ether oxygens (including phenoxy) is 2. The van der Waals surface area contributed by atoms with Gasteiger partial charge >= 0.3 is 19.8 Å². The van der Waals surface area contributed by atoms with Crippen LogP contribution in [0.15, 0.2) is 0 Å². The normalized spacial score (nSPS) is 12.9. The van der Waals surface area contributed by atoms with E-state index in [0.29, 0.717) is 6.42 Å². The van der Waals surface area contributed by atoms with Gasteiger partial charge in [-0.2, -0.15) is 0 Å². The van der Waals surface area contributed by atoms with Crippen LogP contribution in [0.5, 0.6) is 0 Å². The fourth-order valence-corrected chi connectivity index (χ4v) is 11.3. The number of nitrogens with two attached hydrogens (primary N) is 1. The standard InChI is InChI=1S/C65H130NO8P/c1-3-5-7-9-11-13-15-17-19-20-21-22-23-24-25-26-27-28-29-30-31-32-33-34-35-36-37-38-39-40-41-42-43-44-46-48-50-52-54-56-58-65(68)74-63(62-73-75(69,70)72-60-59-66)61-71-64(67)57-55-53-51-49-47-45-18-16-14-12-10-8-6-4-2/h63H,3-62,66H2,1-2H3,(H,69,70). The summed E-state index contributed by atoms with van der Waals surface area (Å²) >= 11 is 0. The van der Waals surface area contributed by atoms with E-state index in [-0.39, 0.29) is 38.6 Å². The number of hydrogen-bond acceptors (Lipinski definition) is 8. The zero-order valence-corrected chi connectivity index (χ0v) is 51.2. The van der Waals surface area contributed by atoms with Gasteiger partial charge in [0.05, 0.1) is 13.2 Å². The van der Waals surface area contributed by atoms with Crippen LogP contribution in [0.25, 0.3) is 0 Å². The van der Waals surface area contributed by atoms with Crippen molar-refractivity contribution in [1.82, 2.24) is 0 Å². The summed E-state index contributed by atoms with van der Waals surface area (Å²) in [6, 6.07) is 0. The van der Waals surface area contributed by atoms with Crippen LogP contribution < -0.4 is 5.73 Å². The van der Waals surface area contributed by atoms with Crippen molar-refractivity contribution in [2.45, 2.75) is 380 Å². The molecule has 0 aromatic heterocycles. The van der Waals surface area contributed by atoms with Crippen LogP contribution in [0, 0.1) is 0 Å². The second kappa shape index (κ2) is 62.2. The molecule has 2 atom stereocenters. The Bertz CT molecular complexity index is 1190. The number of rotatable bonds is 65. The minimum atomic E-state index is -4.38. The van der Waals surface area contributed by atoms with Crippen molar-refractivity contribution < 1.29 is 37.6 Å². The topological polar surface area (TPSA) is 134 Å². The maximum absolute atomic E-state index is 12.7. The fourth-order valence-electron chi connectivity index (χ4n) is 10.5. The molecule has 0 aliphatic heterocycles. The van der Waals surface area contributed by atoms with Crippen LogP contribution in [-0.4, -0.2) is 49.3 Å². The lowest BCUT2D eigenvalue weighted by atomic mass is 10.0. The molecule has 3 N–H and O–H groups in total. The summed E-state index contributed by atoms with van der Waals surface area (Å²) in [6.45, 7) is 3.82. The highest BCUT2D eigenvalue weighted by atomic mass is 31.2. The third kappa shape index (κ3) is 62.1. The van der Waals surface area contributed by atoms with Gasteiger partial charge in [-0.1, -0.05) is 348 Å². The first kappa shape index (κ1) is 74.0. The Kier molecular flexibility index (Phi) is 61.4. The summed E-state index contributed by atoms with van der Waals surface area (Å²) in [7, 11) is -4.38. The molecule has 0 radical (unpaired) electrons. The molecule has 0 aromatic carbocycles. The van der Waals surface area contributed by atoms with Gasteiger partial charge in [0.25, 0.3) is 0 Å². The molecule has 0 amide bonds. The van der Waals surface area contributed by atoms with E-state index in [4.69, 9.17) is 24.3 Å². The van der Waals surface area contributed by atoms with Crippen molar-refractivity contribution in [2.75, 3.05) is 26.4 Å². The fraction of sp³-hybridized carbons (Fsp3) is 0.969. The van der Waals surface area contributed by atoms with Crippen LogP contribution >= 0.6 is 7.82 Å². The third-order valence-electron chi connectivity index (χ3n) is 15.5. The highest BCUT2D eigenvalue weighted by Crippen LogP contribution is 2.43. The van der Waals surface area contributed by atoms with Gasteiger partial charge in [-0.3, -0.25) is 18.6 Å². The van der Waals surface area contributed by atoms with Gasteiger partial charge in [0.2, 0.25) is 0 Å². The van der Waals surface area contributed by atoms with E-state index in [1.807, 2.05) is 0 Å². The molecule has 75 heavy (non-hydrogen) atoms. The molecular formula is C65H130NO8P. The predicted octanol–water partition coefficient (Wildman–Crippen LogP) is 21.4. The molecule has 9 nitrogen and oxygen atoms in total. The Labute approximate surface area is 467 Å². The molecule has 10 heteroatoms. The van der Waals surface area contributed by atoms with Crippen LogP contribution in [0.2, 0.25) is 0 Å². The second-order valence-electron chi connectivity index (χ2n) is 23.1. The molecule has 0 saturated heterocycles. The lowest BCUT2D eigenvalue weighted by Crippen LogP contribution is -2.29. The van der Waals surface area contributed by atoms with E-state index in [2.05, 4.69) is 13.8 Å². The Morgan fingerprint density at radius 1 is 0.347 bits per heavy atom. The lowest BCUT2D eigenvalue weighted by molar-refractivity contribution is -0.161. The minimum Gasteiger partial charge on any atom is -0.462 e. The summed E-state index contributed by atoms with van der Waals surface area (Å²) < 4.78 is 33.0. The zero-order chi connectivity index (χ0) is 54.5. The molecule has 0 rings (SSSR count). The number of phosphoric ester groups is 1. The third-order valence-corrected chi connectivity index (χ3v) is 16.5. The molecule has 0 aromatic rings. The first-order chi connectivity index (χ1) is 36.8. The number of hydrogen-bond donors (Lipinski definition) is 2. The summed E-state index contributed by atoms with van der Waals surface area (Å²) in [6.07, 6.45) is 72.3. The summed E-state index contributed by atoms with van der Waals surface area (Å²) in [5, 5.41) is 0. The number of esters is 2. The van der Waals surface area contributed by atoms with E-state index in [0.717, 1.165) is 32.1 Å². The van der Waals surface area contributed by atoms with Gasteiger partial charge in [-0.05, 0) is 12.8 Å². The first-order valence-corrected chi connectivity index (χ1v) is 35.0. The van der Waals surface area contributed by atoms with E-state index in [9.17, 15) is 19.0 Å². The molecule has 0 aliphatic carbocycles. The molecule has 0 bridgehead atoms. The number of carbonyl (C=O) groups is 2. The molecule has 2 unspecified atom stereocenters. The van der Waals surface area contributed by atoms with Crippen molar-refractivity contribution in [3.63, 3.8) is 0 Å². The van der Waals surface area contributed by atoms with Gasteiger partial charge < -0.3 is 20.1 Å². The Balaban J connectivity index is 3.67. The first-order valence-electron chi connectivity index (χ1n) is 33.5. The van der Waals surface area contributed by atoms with Crippen LogP contribution in [0.1, 0.15) is 373 Å². The van der Waals surface area contributed by atoms with Crippen molar-refractivity contribution >= 4 is 19.8 Å². The van der Waals surface area contributed by atoms with Crippen molar-refractivity contribution in [2.24, 2.45) is 5.73 Å². The van der Waals surface area contributed by atoms with Gasteiger partial charge in [0, 0.05) is 19.4 Å². The van der Waals surface area contributed by atoms with E-state index < -0.39 is 26.5 Å². The van der Waals surface area contributed by atoms with Crippen molar-refractivity contribution in [3.05, 3.63) is 0 Å². The van der Waals surface area contributed by atoms with E-state index in [1.54, 1.807) is 0 Å². The van der Waals surface area contributed by atoms with Gasteiger partial charge in [-0.25, -0.2) is 4.57 Å². The van der Waals surface area contributed by atoms with Gasteiger partial charge in [0.1, 0.15) is 6.61 Å². The molecule has 0 spiro atoms. The van der Waals surface area contributed by atoms with E-state index >= 15 is 0 Å². The monoisotopic (exact) mass is 1080 g/mol. The maximum Gasteiger partial charge on any atom is 0.472 e. The smallest absolute Gasteiger partial charge is 0.462 e. The summed E-state index contributed by atoms with van der Waals surface area (Å²) in [4.78, 5) is 35.2. The maximum atomic E-state index is 12.7. The van der Waals surface area contributed by atoms with Crippen molar-refractivity contribution in [3.8, 4) is 0 Å². The highest BCUT2D eigenvalue weighted by molar-refractivity contribution is 7.47. The van der Waals surface area contributed by atoms with Crippen molar-refractivity contribution in [1.29, 1.82) is 0 Å². The second-order valence-corrected chi connectivity index (χ2v) is 24.5. The molecule has 0 aliphatic rings. The molecule has 448 valence electrons. The van der Waals surface area contributed by atoms with Crippen LogP contribution in [0.3, 0.4) is 0 Å². The van der Waals surface area contributed by atoms with Gasteiger partial charge in [0.15, 0.2) is 6.10 Å². The van der Waals surface area contributed by atoms with Crippen LogP contribution in [-0.2, 0) is 32.7 Å². The molecule has 0 heterocycles. The minimum absolute atomic E-state index is 0.0585. The SMILES string of the molecule is CCCCCCCCCCCCCCCCCCCCCCCCCCCCCCCCCCCCCCCCCCC(=O)OC(COC(=O)CCCCCCCCCCCCCCCC)COP(=O)(O)OCCN. The largest absolute Gasteiger partial charge is 0.472 e. The molecule has 0 fully saturated rings. The Morgan fingerprint density at radius 2 is 0.573 bits per heavy atom. The quantitative estimate of drug-likeness (QED) is 0.0347. The lowest BCUT2D eigenvalue weighted by Gasteiger charge is -2.19. The highest BCUT2D eigenvalue weighted by Gasteiger charge is 2.26. The van der Waals surface area contributed by atoms with Crippen LogP contribution in [0.4, 0.5) is 0 Å². The predicted molar refractivity (Wildman–Crippen MR) is 322 cm³/mol. The summed E-state index contributed by atoms with van der Waals surface area (Å²) in [5.74, 6) is -0.803. The van der Waals surface area contributed by atoms with Gasteiger partial charge in [-0.15, -0.1) is 0 Å².